The van der Waals surface area contributed by atoms with Crippen LogP contribution in [0.15, 0.2) is 57.6 Å². The molecule has 0 saturated heterocycles. The minimum absolute atomic E-state index is 0.284. The van der Waals surface area contributed by atoms with Gasteiger partial charge >= 0.3 is 0 Å². The van der Waals surface area contributed by atoms with E-state index in [1.54, 1.807) is 24.5 Å². The third-order valence-corrected chi connectivity index (χ3v) is 4.73. The summed E-state index contributed by atoms with van der Waals surface area (Å²) in [5, 5.41) is 3.17. The zero-order valence-electron chi connectivity index (χ0n) is 10.6. The van der Waals surface area contributed by atoms with Crippen LogP contribution in [-0.2, 0) is 0 Å². The first-order chi connectivity index (χ1) is 10.1. The van der Waals surface area contributed by atoms with Gasteiger partial charge in [-0.2, -0.15) is 0 Å². The second-order valence-corrected chi connectivity index (χ2v) is 7.02. The van der Waals surface area contributed by atoms with Crippen LogP contribution in [0.2, 0.25) is 4.34 Å². The van der Waals surface area contributed by atoms with E-state index in [1.807, 2.05) is 18.2 Å². The van der Waals surface area contributed by atoms with E-state index in [9.17, 15) is 4.39 Å². The van der Waals surface area contributed by atoms with Gasteiger partial charge in [-0.1, -0.05) is 27.5 Å². The summed E-state index contributed by atoms with van der Waals surface area (Å²) in [5.74, 6) is 0.374. The Balaban J connectivity index is 1.96. The zero-order valence-corrected chi connectivity index (χ0v) is 13.8. The Hall–Kier alpha value is -1.30. The molecule has 0 aliphatic carbocycles. The molecule has 1 N–H and O–H groups in total. The number of anilines is 1. The van der Waals surface area contributed by atoms with Gasteiger partial charge in [0.1, 0.15) is 17.6 Å². The van der Waals surface area contributed by atoms with Crippen LogP contribution in [0, 0.1) is 5.82 Å². The highest BCUT2D eigenvalue weighted by molar-refractivity contribution is 9.10. The van der Waals surface area contributed by atoms with E-state index in [-0.39, 0.29) is 11.9 Å². The van der Waals surface area contributed by atoms with Gasteiger partial charge in [0.25, 0.3) is 0 Å². The third-order valence-electron chi connectivity index (χ3n) is 2.94. The van der Waals surface area contributed by atoms with Crippen LogP contribution in [0.3, 0.4) is 0 Å². The number of nitrogens with one attached hydrogen (secondary N) is 1. The Morgan fingerprint density at radius 3 is 2.71 bits per heavy atom. The molecule has 1 unspecified atom stereocenters. The van der Waals surface area contributed by atoms with Crippen molar-refractivity contribution in [1.82, 2.24) is 0 Å². The molecule has 0 fully saturated rings. The van der Waals surface area contributed by atoms with Crippen molar-refractivity contribution in [2.45, 2.75) is 6.04 Å². The molecule has 2 heterocycles. The van der Waals surface area contributed by atoms with Gasteiger partial charge in [-0.25, -0.2) is 4.39 Å². The van der Waals surface area contributed by atoms with E-state index >= 15 is 0 Å². The molecule has 0 saturated carbocycles. The summed E-state index contributed by atoms with van der Waals surface area (Å²) in [6, 6.07) is 12.0. The minimum atomic E-state index is -0.330. The summed E-state index contributed by atoms with van der Waals surface area (Å²) in [7, 11) is 0. The van der Waals surface area contributed by atoms with Crippen LogP contribution in [0.5, 0.6) is 0 Å². The fourth-order valence-corrected chi connectivity index (χ4v) is 3.44. The summed E-state index contributed by atoms with van der Waals surface area (Å²) >= 11 is 10.7. The number of benzene rings is 1. The predicted octanol–water partition coefficient (Wildman–Crippen LogP) is 6.10. The quantitative estimate of drug-likeness (QED) is 0.586. The number of halogens is 3. The first-order valence-electron chi connectivity index (χ1n) is 6.14. The van der Waals surface area contributed by atoms with Crippen LogP contribution in [0.1, 0.15) is 16.7 Å². The molecule has 0 spiro atoms. The lowest BCUT2D eigenvalue weighted by Gasteiger charge is -2.17. The Kier molecular flexibility index (Phi) is 4.33. The maximum absolute atomic E-state index is 14.0. The molecule has 3 rings (SSSR count). The molecule has 2 aromatic heterocycles. The molecule has 0 aliphatic heterocycles. The van der Waals surface area contributed by atoms with Crippen molar-refractivity contribution < 1.29 is 8.81 Å². The molecule has 0 radical (unpaired) electrons. The third kappa shape index (κ3) is 3.31. The Bertz CT molecular complexity index is 744. The predicted molar refractivity (Wildman–Crippen MR) is 87.6 cm³/mol. The monoisotopic (exact) mass is 385 g/mol. The lowest BCUT2D eigenvalue weighted by Crippen LogP contribution is -2.11. The van der Waals surface area contributed by atoms with Crippen molar-refractivity contribution in [1.29, 1.82) is 0 Å². The summed E-state index contributed by atoms with van der Waals surface area (Å²) < 4.78 is 20.9. The van der Waals surface area contributed by atoms with Crippen LogP contribution in [-0.4, -0.2) is 0 Å². The highest BCUT2D eigenvalue weighted by Crippen LogP contribution is 2.34. The van der Waals surface area contributed by atoms with Gasteiger partial charge in [-0.05, 0) is 42.5 Å². The van der Waals surface area contributed by atoms with Gasteiger partial charge in [0, 0.05) is 9.35 Å². The Morgan fingerprint density at radius 1 is 1.24 bits per heavy atom. The molecule has 2 nitrogen and oxygen atoms in total. The van der Waals surface area contributed by atoms with Crippen LogP contribution in [0.25, 0.3) is 0 Å². The van der Waals surface area contributed by atoms with Crippen molar-refractivity contribution in [3.63, 3.8) is 0 Å². The molecule has 0 aliphatic rings. The number of furan rings is 1. The summed E-state index contributed by atoms with van der Waals surface area (Å²) in [6.07, 6.45) is 1.59. The van der Waals surface area contributed by atoms with Gasteiger partial charge in [0.15, 0.2) is 0 Å². The molecular formula is C15H10BrClFNOS. The lowest BCUT2D eigenvalue weighted by atomic mass is 10.1. The normalized spacial score (nSPS) is 12.3. The van der Waals surface area contributed by atoms with Crippen LogP contribution >= 0.6 is 38.9 Å². The SMILES string of the molecule is Fc1cc(Br)ccc1NC(c1ccco1)c1ccc(Cl)s1. The number of rotatable bonds is 4. The number of hydrogen-bond donors (Lipinski definition) is 1. The van der Waals surface area contributed by atoms with Crippen molar-refractivity contribution in [3.8, 4) is 0 Å². The van der Waals surface area contributed by atoms with E-state index in [2.05, 4.69) is 21.2 Å². The largest absolute Gasteiger partial charge is 0.467 e. The topological polar surface area (TPSA) is 25.2 Å². The second kappa shape index (κ2) is 6.22. The molecule has 6 heteroatoms. The first kappa shape index (κ1) is 14.6. The molecule has 3 aromatic rings. The molecule has 1 atom stereocenters. The van der Waals surface area contributed by atoms with Gasteiger partial charge in [-0.3, -0.25) is 0 Å². The van der Waals surface area contributed by atoms with Gasteiger partial charge in [-0.15, -0.1) is 11.3 Å². The minimum Gasteiger partial charge on any atom is -0.467 e. The molecule has 0 bridgehead atoms. The van der Waals surface area contributed by atoms with E-state index in [4.69, 9.17) is 16.0 Å². The average Bonchev–Trinajstić information content (AvgIpc) is 3.09. The average molecular weight is 387 g/mol. The summed E-state index contributed by atoms with van der Waals surface area (Å²) in [4.78, 5) is 0.956. The molecule has 1 aromatic carbocycles. The van der Waals surface area contributed by atoms with Crippen molar-refractivity contribution >= 4 is 44.6 Å². The van der Waals surface area contributed by atoms with Crippen molar-refractivity contribution in [2.75, 3.05) is 5.32 Å². The smallest absolute Gasteiger partial charge is 0.147 e. The van der Waals surface area contributed by atoms with Gasteiger partial charge in [0.2, 0.25) is 0 Å². The Morgan fingerprint density at radius 2 is 2.10 bits per heavy atom. The van der Waals surface area contributed by atoms with E-state index in [0.717, 1.165) is 4.88 Å². The van der Waals surface area contributed by atoms with Crippen molar-refractivity contribution in [3.05, 3.63) is 74.0 Å². The summed E-state index contributed by atoms with van der Waals surface area (Å²) in [6.45, 7) is 0. The standard InChI is InChI=1S/C15H10BrClFNOS/c16-9-3-4-11(10(18)8-9)19-15(12-2-1-7-20-12)13-5-6-14(17)21-13/h1-8,15,19H. The van der Waals surface area contributed by atoms with Crippen LogP contribution in [0.4, 0.5) is 10.1 Å². The van der Waals surface area contributed by atoms with Gasteiger partial charge < -0.3 is 9.73 Å². The fraction of sp³-hybridized carbons (Fsp3) is 0.0667. The molecule has 21 heavy (non-hydrogen) atoms. The van der Waals surface area contributed by atoms with E-state index in [0.29, 0.717) is 20.3 Å². The fourth-order valence-electron chi connectivity index (χ4n) is 1.98. The maximum atomic E-state index is 14.0. The summed E-state index contributed by atoms with van der Waals surface area (Å²) in [5.41, 5.74) is 0.407. The van der Waals surface area contributed by atoms with E-state index in [1.165, 1.54) is 17.4 Å². The molecule has 0 amide bonds. The Labute approximate surface area is 138 Å². The maximum Gasteiger partial charge on any atom is 0.147 e. The highest BCUT2D eigenvalue weighted by Gasteiger charge is 2.20. The van der Waals surface area contributed by atoms with Crippen LogP contribution < -0.4 is 5.32 Å². The number of thiophene rings is 1. The molecule has 108 valence electrons. The molecular weight excluding hydrogens is 377 g/mol. The van der Waals surface area contributed by atoms with Crippen molar-refractivity contribution in [2.24, 2.45) is 0 Å². The lowest BCUT2D eigenvalue weighted by molar-refractivity contribution is 0.499. The highest BCUT2D eigenvalue weighted by atomic mass is 79.9. The van der Waals surface area contributed by atoms with Gasteiger partial charge in [0.05, 0.1) is 16.3 Å². The zero-order chi connectivity index (χ0) is 14.8. The van der Waals surface area contributed by atoms with E-state index < -0.39 is 0 Å². The first-order valence-corrected chi connectivity index (χ1v) is 8.12. The second-order valence-electron chi connectivity index (χ2n) is 4.36. The number of hydrogen-bond acceptors (Lipinski definition) is 3.